The maximum atomic E-state index is 11.6. The van der Waals surface area contributed by atoms with Gasteiger partial charge in [-0.3, -0.25) is 4.79 Å². The van der Waals surface area contributed by atoms with Crippen LogP contribution < -0.4 is 16.4 Å². The van der Waals surface area contributed by atoms with E-state index in [4.69, 9.17) is 5.73 Å². The maximum absolute atomic E-state index is 11.6. The Morgan fingerprint density at radius 3 is 2.67 bits per heavy atom. The number of hydrogen-bond acceptors (Lipinski definition) is 3. The van der Waals surface area contributed by atoms with Crippen LogP contribution in [0.3, 0.4) is 0 Å². The third-order valence-electron chi connectivity index (χ3n) is 2.69. The number of amides is 1. The first kappa shape index (κ1) is 14.4. The predicted octanol–water partition coefficient (Wildman–Crippen LogP) is 2.48. The van der Waals surface area contributed by atoms with E-state index in [-0.39, 0.29) is 5.91 Å². The molecule has 1 rings (SSSR count). The SMILES string of the molecule is CCNC(=O)c1ccc(NCCC(C)C)c(N)c1. The van der Waals surface area contributed by atoms with E-state index in [0.29, 0.717) is 23.7 Å². The molecule has 0 aliphatic heterocycles. The van der Waals surface area contributed by atoms with Crippen molar-refractivity contribution in [1.29, 1.82) is 0 Å². The Bertz CT molecular complexity index is 402. The number of hydrogen-bond donors (Lipinski definition) is 3. The molecular weight excluding hydrogens is 226 g/mol. The fourth-order valence-electron chi connectivity index (χ4n) is 1.62. The Balaban J connectivity index is 2.65. The first-order valence-corrected chi connectivity index (χ1v) is 6.46. The molecule has 0 saturated carbocycles. The van der Waals surface area contributed by atoms with Crippen LogP contribution in [-0.4, -0.2) is 19.0 Å². The molecule has 0 atom stereocenters. The van der Waals surface area contributed by atoms with Crippen LogP contribution in [-0.2, 0) is 0 Å². The van der Waals surface area contributed by atoms with E-state index in [1.807, 2.05) is 13.0 Å². The lowest BCUT2D eigenvalue weighted by Gasteiger charge is -2.12. The highest BCUT2D eigenvalue weighted by atomic mass is 16.1. The highest BCUT2D eigenvalue weighted by Crippen LogP contribution is 2.20. The average Bonchev–Trinajstić information content (AvgIpc) is 2.31. The molecule has 1 amide bonds. The molecule has 4 nitrogen and oxygen atoms in total. The fraction of sp³-hybridized carbons (Fsp3) is 0.500. The van der Waals surface area contributed by atoms with Crippen LogP contribution in [0, 0.1) is 5.92 Å². The van der Waals surface area contributed by atoms with E-state index in [1.54, 1.807) is 12.1 Å². The third kappa shape index (κ3) is 4.28. The molecule has 0 heterocycles. The lowest BCUT2D eigenvalue weighted by atomic mass is 10.1. The van der Waals surface area contributed by atoms with Crippen molar-refractivity contribution >= 4 is 17.3 Å². The number of nitrogens with one attached hydrogen (secondary N) is 2. The minimum atomic E-state index is -0.0852. The quantitative estimate of drug-likeness (QED) is 0.678. The monoisotopic (exact) mass is 249 g/mol. The van der Waals surface area contributed by atoms with Crippen LogP contribution >= 0.6 is 0 Å². The zero-order valence-corrected chi connectivity index (χ0v) is 11.4. The number of benzene rings is 1. The summed E-state index contributed by atoms with van der Waals surface area (Å²) in [5, 5.41) is 6.04. The minimum absolute atomic E-state index is 0.0852. The Morgan fingerprint density at radius 2 is 2.11 bits per heavy atom. The molecule has 0 fully saturated rings. The number of carbonyl (C=O) groups excluding carboxylic acids is 1. The number of carbonyl (C=O) groups is 1. The number of nitrogen functional groups attached to an aromatic ring is 1. The van der Waals surface area contributed by atoms with Gasteiger partial charge in [0.05, 0.1) is 11.4 Å². The molecule has 0 saturated heterocycles. The molecule has 0 aliphatic rings. The van der Waals surface area contributed by atoms with E-state index in [9.17, 15) is 4.79 Å². The summed E-state index contributed by atoms with van der Waals surface area (Å²) in [7, 11) is 0. The Kier molecular flexibility index (Phi) is 5.49. The third-order valence-corrected chi connectivity index (χ3v) is 2.69. The molecule has 100 valence electrons. The van der Waals surface area contributed by atoms with Crippen molar-refractivity contribution in [3.05, 3.63) is 23.8 Å². The summed E-state index contributed by atoms with van der Waals surface area (Å²) in [6.45, 7) is 7.77. The van der Waals surface area contributed by atoms with Gasteiger partial charge in [-0.25, -0.2) is 0 Å². The van der Waals surface area contributed by atoms with Crippen molar-refractivity contribution in [2.24, 2.45) is 5.92 Å². The zero-order valence-electron chi connectivity index (χ0n) is 11.4. The lowest BCUT2D eigenvalue weighted by Crippen LogP contribution is -2.22. The lowest BCUT2D eigenvalue weighted by molar-refractivity contribution is 0.0956. The predicted molar refractivity (Wildman–Crippen MR) is 76.8 cm³/mol. The second-order valence-corrected chi connectivity index (χ2v) is 4.77. The molecule has 1 aromatic carbocycles. The normalized spacial score (nSPS) is 10.4. The van der Waals surface area contributed by atoms with Crippen molar-refractivity contribution in [2.45, 2.75) is 27.2 Å². The molecule has 0 radical (unpaired) electrons. The van der Waals surface area contributed by atoms with Crippen molar-refractivity contribution in [2.75, 3.05) is 24.1 Å². The molecule has 0 aliphatic carbocycles. The van der Waals surface area contributed by atoms with E-state index in [2.05, 4.69) is 24.5 Å². The minimum Gasteiger partial charge on any atom is -0.397 e. The van der Waals surface area contributed by atoms with Gasteiger partial charge in [-0.15, -0.1) is 0 Å². The summed E-state index contributed by atoms with van der Waals surface area (Å²) in [5.74, 6) is 0.575. The van der Waals surface area contributed by atoms with E-state index in [0.717, 1.165) is 18.7 Å². The maximum Gasteiger partial charge on any atom is 0.251 e. The van der Waals surface area contributed by atoms with E-state index < -0.39 is 0 Å². The van der Waals surface area contributed by atoms with E-state index >= 15 is 0 Å². The molecular formula is C14H23N3O. The summed E-state index contributed by atoms with van der Waals surface area (Å²) in [6.07, 6.45) is 1.09. The van der Waals surface area contributed by atoms with Crippen LogP contribution in [0.1, 0.15) is 37.6 Å². The standard InChI is InChI=1S/C14H23N3O/c1-4-16-14(18)11-5-6-13(12(15)9-11)17-8-7-10(2)3/h5-6,9-10,17H,4,7-8,15H2,1-3H3,(H,16,18). The van der Waals surface area contributed by atoms with Gasteiger partial charge in [0, 0.05) is 18.7 Å². The molecule has 18 heavy (non-hydrogen) atoms. The molecule has 4 N–H and O–H groups in total. The first-order chi connectivity index (χ1) is 8.54. The fourth-order valence-corrected chi connectivity index (χ4v) is 1.62. The number of nitrogens with two attached hydrogens (primary N) is 1. The van der Waals surface area contributed by atoms with Crippen LogP contribution in [0.25, 0.3) is 0 Å². The van der Waals surface area contributed by atoms with Gasteiger partial charge in [0.2, 0.25) is 0 Å². The summed E-state index contributed by atoms with van der Waals surface area (Å²) < 4.78 is 0. The molecule has 0 aromatic heterocycles. The van der Waals surface area contributed by atoms with Gasteiger partial charge in [-0.2, -0.15) is 0 Å². The van der Waals surface area contributed by atoms with Gasteiger partial charge in [-0.05, 0) is 37.5 Å². The van der Waals surface area contributed by atoms with E-state index in [1.165, 1.54) is 0 Å². The highest BCUT2D eigenvalue weighted by molar-refractivity contribution is 5.96. The van der Waals surface area contributed by atoms with Gasteiger partial charge in [0.1, 0.15) is 0 Å². The van der Waals surface area contributed by atoms with Crippen LogP contribution in [0.2, 0.25) is 0 Å². The Hall–Kier alpha value is -1.71. The second-order valence-electron chi connectivity index (χ2n) is 4.77. The summed E-state index contributed by atoms with van der Waals surface area (Å²) in [4.78, 5) is 11.6. The molecule has 0 unspecified atom stereocenters. The van der Waals surface area contributed by atoms with Gasteiger partial charge in [0.15, 0.2) is 0 Å². The van der Waals surface area contributed by atoms with Crippen molar-refractivity contribution in [3.8, 4) is 0 Å². The van der Waals surface area contributed by atoms with Crippen molar-refractivity contribution in [1.82, 2.24) is 5.32 Å². The number of rotatable bonds is 6. The second kappa shape index (κ2) is 6.89. The molecule has 1 aromatic rings. The largest absolute Gasteiger partial charge is 0.397 e. The highest BCUT2D eigenvalue weighted by Gasteiger charge is 2.07. The van der Waals surface area contributed by atoms with Crippen LogP contribution in [0.4, 0.5) is 11.4 Å². The van der Waals surface area contributed by atoms with Gasteiger partial charge in [0.25, 0.3) is 5.91 Å². The van der Waals surface area contributed by atoms with Crippen molar-refractivity contribution in [3.63, 3.8) is 0 Å². The van der Waals surface area contributed by atoms with Gasteiger partial charge >= 0.3 is 0 Å². The van der Waals surface area contributed by atoms with Gasteiger partial charge in [-0.1, -0.05) is 13.8 Å². The Morgan fingerprint density at radius 1 is 1.39 bits per heavy atom. The topological polar surface area (TPSA) is 67.2 Å². The molecule has 4 heteroatoms. The smallest absolute Gasteiger partial charge is 0.251 e. The summed E-state index contributed by atoms with van der Waals surface area (Å²) >= 11 is 0. The van der Waals surface area contributed by atoms with Crippen LogP contribution in [0.5, 0.6) is 0 Å². The zero-order chi connectivity index (χ0) is 13.5. The van der Waals surface area contributed by atoms with Gasteiger partial charge < -0.3 is 16.4 Å². The summed E-state index contributed by atoms with van der Waals surface area (Å²) in [6, 6.07) is 5.36. The molecule has 0 spiro atoms. The van der Waals surface area contributed by atoms with Crippen LogP contribution in [0.15, 0.2) is 18.2 Å². The molecule has 0 bridgehead atoms. The summed E-state index contributed by atoms with van der Waals surface area (Å²) in [5.41, 5.74) is 8.04. The number of anilines is 2. The average molecular weight is 249 g/mol. The van der Waals surface area contributed by atoms with Crippen molar-refractivity contribution < 1.29 is 4.79 Å². The first-order valence-electron chi connectivity index (χ1n) is 6.46. The Labute approximate surface area is 109 Å².